The van der Waals surface area contributed by atoms with Crippen LogP contribution in [0.1, 0.15) is 17.5 Å². The molecule has 0 bridgehead atoms. The Balaban J connectivity index is 1.59. The number of ether oxygens (including phenoxy) is 2. The van der Waals surface area contributed by atoms with Gasteiger partial charge in [-0.25, -0.2) is 0 Å². The molecule has 1 fully saturated rings. The van der Waals surface area contributed by atoms with E-state index in [4.69, 9.17) is 9.47 Å². The van der Waals surface area contributed by atoms with Crippen molar-refractivity contribution in [3.63, 3.8) is 0 Å². The molecule has 4 heteroatoms. The number of halogens is 1. The van der Waals surface area contributed by atoms with Crippen molar-refractivity contribution in [2.75, 3.05) is 13.2 Å². The summed E-state index contributed by atoms with van der Waals surface area (Å²) in [5, 5.41) is 3.52. The second kappa shape index (κ2) is 7.77. The molecule has 1 N–H and O–H groups in total. The fourth-order valence-corrected chi connectivity index (χ4v) is 2.82. The summed E-state index contributed by atoms with van der Waals surface area (Å²) in [5.41, 5.74) is 2.39. The van der Waals surface area contributed by atoms with Crippen molar-refractivity contribution < 1.29 is 9.47 Å². The van der Waals surface area contributed by atoms with Gasteiger partial charge in [-0.05, 0) is 45.6 Å². The van der Waals surface area contributed by atoms with Crippen molar-refractivity contribution in [2.45, 2.75) is 25.6 Å². The lowest BCUT2D eigenvalue weighted by molar-refractivity contribution is 0.190. The van der Waals surface area contributed by atoms with Gasteiger partial charge in [0.25, 0.3) is 0 Å². The van der Waals surface area contributed by atoms with Crippen LogP contribution in [0.5, 0.6) is 5.75 Å². The maximum Gasteiger partial charge on any atom is 0.134 e. The fraction of sp³-hybridized carbons (Fsp3) is 0.333. The van der Waals surface area contributed by atoms with Crippen LogP contribution in [0.15, 0.2) is 53.0 Å². The smallest absolute Gasteiger partial charge is 0.134 e. The summed E-state index contributed by atoms with van der Waals surface area (Å²) >= 11 is 3.56. The van der Waals surface area contributed by atoms with E-state index in [1.54, 1.807) is 0 Å². The lowest BCUT2D eigenvalue weighted by Crippen LogP contribution is -2.28. The Morgan fingerprint density at radius 2 is 2.00 bits per heavy atom. The highest BCUT2D eigenvalue weighted by Crippen LogP contribution is 2.27. The largest absolute Gasteiger partial charge is 0.488 e. The highest BCUT2D eigenvalue weighted by Gasteiger charge is 2.14. The number of hydrogen-bond donors (Lipinski definition) is 1. The van der Waals surface area contributed by atoms with Crippen molar-refractivity contribution in [3.8, 4) is 5.75 Å². The van der Waals surface area contributed by atoms with Crippen molar-refractivity contribution in [1.82, 2.24) is 5.32 Å². The Hall–Kier alpha value is -1.36. The number of rotatable bonds is 6. The van der Waals surface area contributed by atoms with Crippen molar-refractivity contribution in [3.05, 3.63) is 64.1 Å². The zero-order valence-corrected chi connectivity index (χ0v) is 14.0. The SMILES string of the molecule is Brc1ccc(CNC2CCOC2)cc1OCc1ccccc1. The van der Waals surface area contributed by atoms with Crippen LogP contribution >= 0.6 is 15.9 Å². The molecule has 1 saturated heterocycles. The van der Waals surface area contributed by atoms with Gasteiger partial charge < -0.3 is 14.8 Å². The molecule has 22 heavy (non-hydrogen) atoms. The van der Waals surface area contributed by atoms with Gasteiger partial charge in [0.2, 0.25) is 0 Å². The minimum atomic E-state index is 0.470. The van der Waals surface area contributed by atoms with Gasteiger partial charge in [0.05, 0.1) is 11.1 Å². The van der Waals surface area contributed by atoms with Gasteiger partial charge in [-0.3, -0.25) is 0 Å². The molecule has 0 saturated carbocycles. The minimum absolute atomic E-state index is 0.470. The monoisotopic (exact) mass is 361 g/mol. The first-order valence-corrected chi connectivity index (χ1v) is 8.37. The fourth-order valence-electron chi connectivity index (χ4n) is 2.46. The lowest BCUT2D eigenvalue weighted by Gasteiger charge is -2.13. The summed E-state index contributed by atoms with van der Waals surface area (Å²) in [7, 11) is 0. The molecular formula is C18H20BrNO2. The summed E-state index contributed by atoms with van der Waals surface area (Å²) in [6.45, 7) is 3.09. The normalized spacial score (nSPS) is 17.6. The average molecular weight is 362 g/mol. The highest BCUT2D eigenvalue weighted by atomic mass is 79.9. The van der Waals surface area contributed by atoms with Gasteiger partial charge in [0, 0.05) is 19.2 Å². The molecule has 116 valence electrons. The summed E-state index contributed by atoms with van der Waals surface area (Å²) in [5.74, 6) is 0.880. The number of benzene rings is 2. The summed E-state index contributed by atoms with van der Waals surface area (Å²) in [6, 6.07) is 16.9. The van der Waals surface area contributed by atoms with E-state index in [1.807, 2.05) is 24.3 Å². The van der Waals surface area contributed by atoms with Crippen LogP contribution in [-0.2, 0) is 17.9 Å². The number of hydrogen-bond acceptors (Lipinski definition) is 3. The zero-order chi connectivity index (χ0) is 15.2. The molecule has 0 radical (unpaired) electrons. The Labute approximate surface area is 139 Å². The Morgan fingerprint density at radius 3 is 2.77 bits per heavy atom. The Kier molecular flexibility index (Phi) is 5.48. The van der Waals surface area contributed by atoms with Crippen LogP contribution in [0.4, 0.5) is 0 Å². The second-order valence-corrected chi connectivity index (χ2v) is 6.33. The quantitative estimate of drug-likeness (QED) is 0.845. The molecule has 1 aliphatic heterocycles. The first kappa shape index (κ1) is 15.5. The molecule has 1 unspecified atom stereocenters. The van der Waals surface area contributed by atoms with E-state index in [0.717, 1.165) is 36.4 Å². The Morgan fingerprint density at radius 1 is 1.14 bits per heavy atom. The van der Waals surface area contributed by atoms with E-state index < -0.39 is 0 Å². The molecule has 0 amide bonds. The summed E-state index contributed by atoms with van der Waals surface area (Å²) in [6.07, 6.45) is 1.09. The van der Waals surface area contributed by atoms with E-state index in [-0.39, 0.29) is 0 Å². The van der Waals surface area contributed by atoms with Crippen LogP contribution in [0.25, 0.3) is 0 Å². The summed E-state index contributed by atoms with van der Waals surface area (Å²) < 4.78 is 12.3. The van der Waals surface area contributed by atoms with E-state index >= 15 is 0 Å². The van der Waals surface area contributed by atoms with Crippen molar-refractivity contribution >= 4 is 15.9 Å². The van der Waals surface area contributed by atoms with Crippen LogP contribution < -0.4 is 10.1 Å². The molecule has 1 aliphatic rings. The zero-order valence-electron chi connectivity index (χ0n) is 12.4. The molecule has 3 nitrogen and oxygen atoms in total. The van der Waals surface area contributed by atoms with Gasteiger partial charge in [0.15, 0.2) is 0 Å². The molecule has 0 spiro atoms. The average Bonchev–Trinajstić information content (AvgIpc) is 3.07. The summed E-state index contributed by atoms with van der Waals surface area (Å²) in [4.78, 5) is 0. The van der Waals surface area contributed by atoms with Gasteiger partial charge in [-0.1, -0.05) is 36.4 Å². The maximum atomic E-state index is 5.94. The first-order valence-electron chi connectivity index (χ1n) is 7.57. The molecule has 0 aliphatic carbocycles. The standard InChI is InChI=1S/C18H20BrNO2/c19-17-7-6-15(11-20-16-8-9-21-13-16)10-18(17)22-12-14-4-2-1-3-5-14/h1-7,10,16,20H,8-9,11-13H2. The topological polar surface area (TPSA) is 30.5 Å². The predicted molar refractivity (Wildman–Crippen MR) is 91.0 cm³/mol. The van der Waals surface area contributed by atoms with Gasteiger partial charge in [0.1, 0.15) is 12.4 Å². The van der Waals surface area contributed by atoms with Crippen LogP contribution in [0.3, 0.4) is 0 Å². The third kappa shape index (κ3) is 4.32. The van der Waals surface area contributed by atoms with E-state index in [2.05, 4.69) is 45.5 Å². The highest BCUT2D eigenvalue weighted by molar-refractivity contribution is 9.10. The van der Waals surface area contributed by atoms with Crippen molar-refractivity contribution in [2.24, 2.45) is 0 Å². The van der Waals surface area contributed by atoms with Crippen LogP contribution in [0.2, 0.25) is 0 Å². The molecular weight excluding hydrogens is 342 g/mol. The van der Waals surface area contributed by atoms with E-state index in [9.17, 15) is 0 Å². The minimum Gasteiger partial charge on any atom is -0.488 e. The van der Waals surface area contributed by atoms with Crippen LogP contribution in [-0.4, -0.2) is 19.3 Å². The Bertz CT molecular complexity index is 597. The maximum absolute atomic E-state index is 5.94. The van der Waals surface area contributed by atoms with Crippen LogP contribution in [0, 0.1) is 0 Å². The van der Waals surface area contributed by atoms with E-state index in [1.165, 1.54) is 11.1 Å². The molecule has 3 rings (SSSR count). The van der Waals surface area contributed by atoms with Gasteiger partial charge in [-0.2, -0.15) is 0 Å². The van der Waals surface area contributed by atoms with Gasteiger partial charge >= 0.3 is 0 Å². The number of nitrogens with one attached hydrogen (secondary N) is 1. The molecule has 1 heterocycles. The first-order chi connectivity index (χ1) is 10.8. The molecule has 2 aromatic carbocycles. The third-order valence-corrected chi connectivity index (χ3v) is 4.41. The molecule has 1 atom stereocenters. The van der Waals surface area contributed by atoms with Crippen molar-refractivity contribution in [1.29, 1.82) is 0 Å². The van der Waals surface area contributed by atoms with Gasteiger partial charge in [-0.15, -0.1) is 0 Å². The van der Waals surface area contributed by atoms with E-state index in [0.29, 0.717) is 12.6 Å². The lowest BCUT2D eigenvalue weighted by atomic mass is 10.2. The second-order valence-electron chi connectivity index (χ2n) is 5.48. The molecule has 0 aromatic heterocycles. The third-order valence-electron chi connectivity index (χ3n) is 3.76. The molecule has 2 aromatic rings. The predicted octanol–water partition coefficient (Wildman–Crippen LogP) is 3.91.